The maximum Gasteiger partial charge on any atom is 0.123 e. The highest BCUT2D eigenvalue weighted by Crippen LogP contribution is 2.32. The first-order valence-electron chi connectivity index (χ1n) is 6.45. The molecule has 0 aromatic heterocycles. The average molecular weight is 266 g/mol. The van der Waals surface area contributed by atoms with Crippen LogP contribution in [0.15, 0.2) is 30.3 Å². The molecule has 3 atom stereocenters. The second-order valence-electron chi connectivity index (χ2n) is 5.79. The van der Waals surface area contributed by atoms with E-state index in [1.165, 1.54) is 0 Å². The van der Waals surface area contributed by atoms with Crippen LogP contribution in [-0.2, 0) is 4.74 Å². The molecule has 4 heteroatoms. The van der Waals surface area contributed by atoms with Crippen LogP contribution in [0, 0.1) is 0 Å². The fourth-order valence-corrected chi connectivity index (χ4v) is 5.57. The van der Waals surface area contributed by atoms with Crippen molar-refractivity contribution >= 4 is 13.3 Å². The van der Waals surface area contributed by atoms with Crippen LogP contribution >= 0.6 is 0 Å². The van der Waals surface area contributed by atoms with Gasteiger partial charge in [-0.05, 0) is 6.92 Å². The molecule has 1 fully saturated rings. The third-order valence-electron chi connectivity index (χ3n) is 4.27. The normalized spacial score (nSPS) is 33.4. The third kappa shape index (κ3) is 2.14. The topological polar surface area (TPSA) is 49.7 Å². The van der Waals surface area contributed by atoms with Crippen LogP contribution in [-0.4, -0.2) is 42.3 Å². The Morgan fingerprint density at radius 2 is 1.89 bits per heavy atom. The lowest BCUT2D eigenvalue weighted by atomic mass is 10.0. The zero-order valence-corrected chi connectivity index (χ0v) is 12.3. The molecular weight excluding hydrogens is 244 g/mol. The summed E-state index contributed by atoms with van der Waals surface area (Å²) < 4.78 is 5.60. The van der Waals surface area contributed by atoms with Crippen molar-refractivity contribution in [1.82, 2.24) is 0 Å². The number of aliphatic hydroxyl groups excluding tert-OH is 1. The van der Waals surface area contributed by atoms with Gasteiger partial charge in [0.15, 0.2) is 0 Å². The minimum absolute atomic E-state index is 0.0147. The highest BCUT2D eigenvalue weighted by atomic mass is 28.3. The van der Waals surface area contributed by atoms with Crippen molar-refractivity contribution in [1.29, 1.82) is 0 Å². The van der Waals surface area contributed by atoms with E-state index in [9.17, 15) is 10.2 Å². The lowest BCUT2D eigenvalue weighted by Gasteiger charge is -2.48. The van der Waals surface area contributed by atoms with Crippen LogP contribution < -0.4 is 5.19 Å². The molecule has 1 aromatic carbocycles. The van der Waals surface area contributed by atoms with E-state index in [0.717, 1.165) is 5.19 Å². The first kappa shape index (κ1) is 13.7. The zero-order chi connectivity index (χ0) is 13.4. The number of hydrogen-bond donors (Lipinski definition) is 2. The largest absolute Gasteiger partial charge is 0.390 e. The number of ether oxygens (including phenoxy) is 1. The Bertz CT molecular complexity index is 407. The Hall–Kier alpha value is -0.683. The zero-order valence-electron chi connectivity index (χ0n) is 11.3. The fourth-order valence-electron chi connectivity index (χ4n) is 2.64. The van der Waals surface area contributed by atoms with Gasteiger partial charge in [-0.2, -0.15) is 0 Å². The molecule has 2 rings (SSSR count). The summed E-state index contributed by atoms with van der Waals surface area (Å²) in [6.07, 6.45) is -0.191. The molecular formula is C14H22O3Si. The number of aliphatic hydroxyl groups is 2. The summed E-state index contributed by atoms with van der Waals surface area (Å²) in [7, 11) is -2.21. The van der Waals surface area contributed by atoms with E-state index >= 15 is 0 Å². The predicted molar refractivity (Wildman–Crippen MR) is 74.5 cm³/mol. The highest BCUT2D eigenvalue weighted by Gasteiger charge is 2.54. The Kier molecular flexibility index (Phi) is 3.64. The van der Waals surface area contributed by atoms with Crippen molar-refractivity contribution < 1.29 is 14.9 Å². The summed E-state index contributed by atoms with van der Waals surface area (Å²) in [6.45, 7) is 6.33. The molecule has 0 unspecified atom stereocenters. The van der Waals surface area contributed by atoms with E-state index in [-0.39, 0.29) is 12.7 Å². The monoisotopic (exact) mass is 266 g/mol. The predicted octanol–water partition coefficient (Wildman–Crippen LogP) is 1.04. The van der Waals surface area contributed by atoms with Gasteiger partial charge in [0, 0.05) is 6.42 Å². The van der Waals surface area contributed by atoms with Gasteiger partial charge in [-0.3, -0.25) is 0 Å². The van der Waals surface area contributed by atoms with Crippen LogP contribution in [0.3, 0.4) is 0 Å². The minimum Gasteiger partial charge on any atom is -0.390 e. The molecule has 0 radical (unpaired) electrons. The highest BCUT2D eigenvalue weighted by molar-refractivity contribution is 6.92. The average Bonchev–Trinajstić information content (AvgIpc) is 2.35. The van der Waals surface area contributed by atoms with Crippen molar-refractivity contribution in [2.45, 2.75) is 43.9 Å². The van der Waals surface area contributed by atoms with Crippen LogP contribution in [0.5, 0.6) is 0 Å². The third-order valence-corrected chi connectivity index (χ3v) is 8.69. The smallest absolute Gasteiger partial charge is 0.123 e. The molecule has 0 bridgehead atoms. The molecule has 1 aromatic rings. The summed E-state index contributed by atoms with van der Waals surface area (Å²) >= 11 is 0. The van der Waals surface area contributed by atoms with Gasteiger partial charge in [0.2, 0.25) is 0 Å². The molecule has 1 aliphatic heterocycles. The maximum absolute atomic E-state index is 10.9. The summed E-state index contributed by atoms with van der Waals surface area (Å²) in [6, 6.07) is 10.00. The van der Waals surface area contributed by atoms with Crippen molar-refractivity contribution in [3.05, 3.63) is 30.3 Å². The molecule has 0 saturated carbocycles. The fraction of sp³-hybridized carbons (Fsp3) is 0.571. The molecule has 2 N–H and O–H groups in total. The Balaban J connectivity index is 2.34. The Morgan fingerprint density at radius 1 is 1.28 bits per heavy atom. The molecule has 0 spiro atoms. The second kappa shape index (κ2) is 4.77. The molecule has 0 aliphatic carbocycles. The maximum atomic E-state index is 10.9. The van der Waals surface area contributed by atoms with Gasteiger partial charge in [0.05, 0.1) is 18.8 Å². The Labute approximate surface area is 109 Å². The lowest BCUT2D eigenvalue weighted by molar-refractivity contribution is -0.142. The summed E-state index contributed by atoms with van der Waals surface area (Å²) in [4.78, 5) is 0. The van der Waals surface area contributed by atoms with Gasteiger partial charge in [-0.15, -0.1) is 0 Å². The van der Waals surface area contributed by atoms with Gasteiger partial charge in [0.25, 0.3) is 0 Å². The number of rotatable bonds is 2. The van der Waals surface area contributed by atoms with E-state index in [2.05, 4.69) is 13.1 Å². The van der Waals surface area contributed by atoms with Crippen molar-refractivity contribution in [3.63, 3.8) is 0 Å². The van der Waals surface area contributed by atoms with Crippen molar-refractivity contribution in [3.8, 4) is 0 Å². The van der Waals surface area contributed by atoms with Crippen LogP contribution in [0.4, 0.5) is 0 Å². The number of hydrogen-bond acceptors (Lipinski definition) is 3. The van der Waals surface area contributed by atoms with Crippen LogP contribution in [0.1, 0.15) is 13.3 Å². The standard InChI is InChI=1S/C14H22O3Si/c1-11-9-13(15)14(16,10-17-11)18(2,3)12-7-5-4-6-8-12/h4-8,11,13,15-16H,9-10H2,1-3H3/t11-,13+,14+/m1/s1. The molecule has 0 amide bonds. The molecule has 1 saturated heterocycles. The van der Waals surface area contributed by atoms with Gasteiger partial charge < -0.3 is 14.9 Å². The summed E-state index contributed by atoms with van der Waals surface area (Å²) in [5.74, 6) is 0. The molecule has 1 aliphatic rings. The molecule has 3 nitrogen and oxygen atoms in total. The minimum atomic E-state index is -2.21. The SMILES string of the molecule is C[C@@H]1C[C@H](O)[C@@](O)([Si](C)(C)c2ccccc2)CO1. The Morgan fingerprint density at radius 3 is 2.44 bits per heavy atom. The van der Waals surface area contributed by atoms with Gasteiger partial charge in [-0.25, -0.2) is 0 Å². The van der Waals surface area contributed by atoms with Gasteiger partial charge >= 0.3 is 0 Å². The second-order valence-corrected chi connectivity index (χ2v) is 10.5. The summed E-state index contributed by atoms with van der Waals surface area (Å²) in [5, 5.41) is 21.3. The summed E-state index contributed by atoms with van der Waals surface area (Å²) in [5.41, 5.74) is 0. The number of benzene rings is 1. The van der Waals surface area contributed by atoms with E-state index in [1.54, 1.807) is 0 Å². The first-order valence-corrected chi connectivity index (χ1v) is 9.45. The van der Waals surface area contributed by atoms with E-state index in [1.807, 2.05) is 37.3 Å². The van der Waals surface area contributed by atoms with Gasteiger partial charge in [-0.1, -0.05) is 48.6 Å². The first-order chi connectivity index (χ1) is 8.38. The van der Waals surface area contributed by atoms with E-state index in [4.69, 9.17) is 4.74 Å². The van der Waals surface area contributed by atoms with Crippen molar-refractivity contribution in [2.24, 2.45) is 0 Å². The van der Waals surface area contributed by atoms with Crippen LogP contribution in [0.25, 0.3) is 0 Å². The van der Waals surface area contributed by atoms with Crippen molar-refractivity contribution in [2.75, 3.05) is 6.61 Å². The van der Waals surface area contributed by atoms with E-state index in [0.29, 0.717) is 6.42 Å². The van der Waals surface area contributed by atoms with E-state index < -0.39 is 19.4 Å². The lowest BCUT2D eigenvalue weighted by Crippen LogP contribution is -2.72. The molecule has 18 heavy (non-hydrogen) atoms. The van der Waals surface area contributed by atoms with Gasteiger partial charge in [0.1, 0.15) is 13.3 Å². The molecule has 1 heterocycles. The van der Waals surface area contributed by atoms with Crippen LogP contribution in [0.2, 0.25) is 13.1 Å². The quantitative estimate of drug-likeness (QED) is 0.787. The molecule has 100 valence electrons.